The van der Waals surface area contributed by atoms with Crippen molar-refractivity contribution in [3.8, 4) is 0 Å². The Morgan fingerprint density at radius 3 is 2.29 bits per heavy atom. The Morgan fingerprint density at radius 2 is 1.71 bits per heavy atom. The van der Waals surface area contributed by atoms with Gasteiger partial charge in [-0.2, -0.15) is 0 Å². The monoisotopic (exact) mass is 486 g/mol. The summed E-state index contributed by atoms with van der Waals surface area (Å²) in [6.07, 6.45) is 1.79. The molecule has 1 unspecified atom stereocenters. The standard InChI is InChI=1S/C26H34N2O5S/c1-5-34(31,32)23-14-8-19(9-15-23)17-24(29)27-22-12-10-20(11-13-22)21-7-6-16-28(18-21)25(30)33-26(2,3)4/h8-15,21H,5-7,16-18H2,1-4H3,(H,27,29). The summed E-state index contributed by atoms with van der Waals surface area (Å²) in [4.78, 5) is 26.9. The van der Waals surface area contributed by atoms with Crippen molar-refractivity contribution in [2.24, 2.45) is 0 Å². The van der Waals surface area contributed by atoms with Crippen molar-refractivity contribution in [2.75, 3.05) is 24.2 Å². The van der Waals surface area contributed by atoms with E-state index in [1.807, 2.05) is 45.0 Å². The van der Waals surface area contributed by atoms with Crippen molar-refractivity contribution in [3.63, 3.8) is 0 Å². The number of hydrogen-bond donors (Lipinski definition) is 1. The number of benzene rings is 2. The van der Waals surface area contributed by atoms with Gasteiger partial charge in [0.15, 0.2) is 9.84 Å². The summed E-state index contributed by atoms with van der Waals surface area (Å²) >= 11 is 0. The second-order valence-electron chi connectivity index (χ2n) is 9.66. The zero-order valence-corrected chi connectivity index (χ0v) is 21.2. The van der Waals surface area contributed by atoms with Crippen LogP contribution in [0.1, 0.15) is 57.6 Å². The van der Waals surface area contributed by atoms with E-state index >= 15 is 0 Å². The molecule has 1 saturated heterocycles. The van der Waals surface area contributed by atoms with Crippen LogP contribution in [-0.4, -0.2) is 49.8 Å². The van der Waals surface area contributed by atoms with Gasteiger partial charge in [-0.15, -0.1) is 0 Å². The molecular weight excluding hydrogens is 452 g/mol. The molecule has 8 heteroatoms. The van der Waals surface area contributed by atoms with E-state index in [0.29, 0.717) is 18.8 Å². The van der Waals surface area contributed by atoms with Crippen LogP contribution in [0.5, 0.6) is 0 Å². The highest BCUT2D eigenvalue weighted by Crippen LogP contribution is 2.29. The number of nitrogens with zero attached hydrogens (tertiary/aromatic N) is 1. The lowest BCUT2D eigenvalue weighted by atomic mass is 9.90. The first-order valence-corrected chi connectivity index (χ1v) is 13.3. The third kappa shape index (κ3) is 7.06. The largest absolute Gasteiger partial charge is 0.444 e. The van der Waals surface area contributed by atoms with Crippen LogP contribution in [0.4, 0.5) is 10.5 Å². The Morgan fingerprint density at radius 1 is 1.06 bits per heavy atom. The summed E-state index contributed by atoms with van der Waals surface area (Å²) in [6, 6.07) is 14.1. The van der Waals surface area contributed by atoms with Crippen molar-refractivity contribution in [1.82, 2.24) is 4.90 Å². The normalized spacial score (nSPS) is 16.7. The number of hydrogen-bond acceptors (Lipinski definition) is 5. The Labute approximate surface area is 202 Å². The number of anilines is 1. The first-order valence-electron chi connectivity index (χ1n) is 11.7. The molecule has 0 radical (unpaired) electrons. The maximum absolute atomic E-state index is 12.5. The first-order chi connectivity index (χ1) is 16.0. The second-order valence-corrected chi connectivity index (χ2v) is 11.9. The molecule has 1 aliphatic heterocycles. The molecule has 3 rings (SSSR count). The lowest BCUT2D eigenvalue weighted by Gasteiger charge is -2.34. The highest BCUT2D eigenvalue weighted by atomic mass is 32.2. The Kier molecular flexibility index (Phi) is 8.02. The molecule has 0 saturated carbocycles. The smallest absolute Gasteiger partial charge is 0.410 e. The van der Waals surface area contributed by atoms with Crippen molar-refractivity contribution >= 4 is 27.5 Å². The first kappa shape index (κ1) is 25.7. The van der Waals surface area contributed by atoms with Crippen LogP contribution < -0.4 is 5.32 Å². The van der Waals surface area contributed by atoms with Crippen molar-refractivity contribution in [3.05, 3.63) is 59.7 Å². The predicted molar refractivity (Wildman–Crippen MR) is 133 cm³/mol. The Bertz CT molecular complexity index is 1100. The van der Waals surface area contributed by atoms with Crippen LogP contribution in [0.25, 0.3) is 0 Å². The van der Waals surface area contributed by atoms with Crippen LogP contribution in [0, 0.1) is 0 Å². The topological polar surface area (TPSA) is 92.8 Å². The molecule has 184 valence electrons. The molecular formula is C26H34N2O5S. The lowest BCUT2D eigenvalue weighted by Crippen LogP contribution is -2.42. The molecule has 2 aromatic rings. The zero-order valence-electron chi connectivity index (χ0n) is 20.3. The number of piperidine rings is 1. The van der Waals surface area contributed by atoms with E-state index in [4.69, 9.17) is 4.74 Å². The van der Waals surface area contributed by atoms with Gasteiger partial charge in [0.25, 0.3) is 0 Å². The molecule has 2 aromatic carbocycles. The number of ether oxygens (including phenoxy) is 1. The number of nitrogens with one attached hydrogen (secondary N) is 1. The summed E-state index contributed by atoms with van der Waals surface area (Å²) in [5, 5.41) is 2.89. The fourth-order valence-corrected chi connectivity index (χ4v) is 4.84. The molecule has 1 N–H and O–H groups in total. The highest BCUT2D eigenvalue weighted by molar-refractivity contribution is 7.91. The van der Waals surface area contributed by atoms with Crippen molar-refractivity contribution in [1.29, 1.82) is 0 Å². The quantitative estimate of drug-likeness (QED) is 0.635. The van der Waals surface area contributed by atoms with Gasteiger partial charge < -0.3 is 15.0 Å². The van der Waals surface area contributed by atoms with Gasteiger partial charge in [-0.25, -0.2) is 13.2 Å². The summed E-state index contributed by atoms with van der Waals surface area (Å²) in [5.41, 5.74) is 2.05. The average Bonchev–Trinajstić information content (AvgIpc) is 2.79. The maximum atomic E-state index is 12.5. The van der Waals surface area contributed by atoms with E-state index in [2.05, 4.69) is 5.32 Å². The third-order valence-electron chi connectivity index (χ3n) is 5.77. The number of carbonyl (C=O) groups is 2. The minimum absolute atomic E-state index is 0.0444. The molecule has 0 bridgehead atoms. The zero-order chi connectivity index (χ0) is 24.9. The van der Waals surface area contributed by atoms with Crippen LogP contribution >= 0.6 is 0 Å². The van der Waals surface area contributed by atoms with E-state index in [1.54, 1.807) is 36.1 Å². The fourth-order valence-electron chi connectivity index (χ4n) is 3.95. The van der Waals surface area contributed by atoms with Gasteiger partial charge in [0.2, 0.25) is 5.91 Å². The molecule has 0 aliphatic carbocycles. The molecule has 0 aromatic heterocycles. The van der Waals surface area contributed by atoms with Crippen molar-refractivity contribution < 1.29 is 22.7 Å². The summed E-state index contributed by atoms with van der Waals surface area (Å²) in [7, 11) is -3.25. The fraction of sp³-hybridized carbons (Fsp3) is 0.462. The van der Waals surface area contributed by atoms with Gasteiger partial charge in [0.1, 0.15) is 5.60 Å². The van der Waals surface area contributed by atoms with Gasteiger partial charge in [-0.1, -0.05) is 31.2 Å². The van der Waals surface area contributed by atoms with E-state index in [1.165, 1.54) is 0 Å². The van der Waals surface area contributed by atoms with Gasteiger partial charge in [0, 0.05) is 24.7 Å². The van der Waals surface area contributed by atoms with Crippen LogP contribution in [0.2, 0.25) is 0 Å². The van der Waals surface area contributed by atoms with E-state index < -0.39 is 15.4 Å². The van der Waals surface area contributed by atoms with Gasteiger partial charge in [-0.05, 0) is 69.0 Å². The minimum Gasteiger partial charge on any atom is -0.444 e. The summed E-state index contributed by atoms with van der Waals surface area (Å²) in [5.74, 6) is 0.0967. The molecule has 1 atom stereocenters. The summed E-state index contributed by atoms with van der Waals surface area (Å²) in [6.45, 7) is 8.52. The number of rotatable bonds is 6. The SMILES string of the molecule is CCS(=O)(=O)c1ccc(CC(=O)Nc2ccc(C3CCCN(C(=O)OC(C)(C)C)C3)cc2)cc1. The molecule has 1 aliphatic rings. The molecule has 7 nitrogen and oxygen atoms in total. The number of carbonyl (C=O) groups excluding carboxylic acids is 2. The minimum atomic E-state index is -3.25. The Balaban J connectivity index is 1.56. The lowest BCUT2D eigenvalue weighted by molar-refractivity contribution is -0.115. The molecule has 1 fully saturated rings. The highest BCUT2D eigenvalue weighted by Gasteiger charge is 2.28. The van der Waals surface area contributed by atoms with E-state index in [0.717, 1.165) is 24.0 Å². The summed E-state index contributed by atoms with van der Waals surface area (Å²) < 4.78 is 29.3. The molecule has 2 amide bonds. The molecule has 0 spiro atoms. The van der Waals surface area contributed by atoms with Crippen LogP contribution in [0.15, 0.2) is 53.4 Å². The third-order valence-corrected chi connectivity index (χ3v) is 7.52. The van der Waals surface area contributed by atoms with Gasteiger partial charge in [-0.3, -0.25) is 4.79 Å². The number of sulfone groups is 1. The second kappa shape index (κ2) is 10.6. The van der Waals surface area contributed by atoms with Gasteiger partial charge >= 0.3 is 6.09 Å². The van der Waals surface area contributed by atoms with Gasteiger partial charge in [0.05, 0.1) is 17.1 Å². The molecule has 1 heterocycles. The van der Waals surface area contributed by atoms with E-state index in [9.17, 15) is 18.0 Å². The molecule has 34 heavy (non-hydrogen) atoms. The van der Waals surface area contributed by atoms with Crippen LogP contribution in [0.3, 0.4) is 0 Å². The Hall–Kier alpha value is -2.87. The number of amides is 2. The maximum Gasteiger partial charge on any atom is 0.410 e. The average molecular weight is 487 g/mol. The number of likely N-dealkylation sites (tertiary alicyclic amines) is 1. The van der Waals surface area contributed by atoms with Crippen LogP contribution in [-0.2, 0) is 25.8 Å². The van der Waals surface area contributed by atoms with Crippen molar-refractivity contribution in [2.45, 2.75) is 63.4 Å². The predicted octanol–water partition coefficient (Wildman–Crippen LogP) is 4.78. The van der Waals surface area contributed by atoms with E-state index in [-0.39, 0.29) is 35.0 Å².